The fourth-order valence-electron chi connectivity index (χ4n) is 2.74. The maximum Gasteiger partial charge on any atom is 0.193 e. The molecule has 0 spiro atoms. The van der Waals surface area contributed by atoms with Crippen molar-refractivity contribution in [1.29, 1.82) is 0 Å². The second kappa shape index (κ2) is 7.66. The second-order valence-electron chi connectivity index (χ2n) is 5.64. The summed E-state index contributed by atoms with van der Waals surface area (Å²) < 4.78 is 10.6. The van der Waals surface area contributed by atoms with Gasteiger partial charge < -0.3 is 9.47 Å². The van der Waals surface area contributed by atoms with E-state index >= 15 is 0 Å². The summed E-state index contributed by atoms with van der Waals surface area (Å²) in [4.78, 5) is 26.0. The Bertz CT molecular complexity index is 853. The maximum atomic E-state index is 13.0. The summed E-state index contributed by atoms with van der Waals surface area (Å²) in [6.07, 6.45) is 0. The van der Waals surface area contributed by atoms with E-state index < -0.39 is 0 Å². The molecule has 0 N–H and O–H groups in total. The smallest absolute Gasteiger partial charge is 0.193 e. The van der Waals surface area contributed by atoms with Crippen LogP contribution < -0.4 is 9.47 Å². The molecule has 4 nitrogen and oxygen atoms in total. The van der Waals surface area contributed by atoms with Crippen LogP contribution in [0.1, 0.15) is 31.8 Å². The molecule has 0 radical (unpaired) electrons. The predicted octanol–water partition coefficient (Wildman–Crippen LogP) is 4.17. The molecule has 0 amide bonds. The first-order valence-electron chi connectivity index (χ1n) is 8.11. The molecular weight excluding hydrogens is 328 g/mol. The van der Waals surface area contributed by atoms with Crippen molar-refractivity contribution >= 4 is 11.6 Å². The van der Waals surface area contributed by atoms with E-state index in [0.717, 1.165) is 0 Å². The number of benzene rings is 3. The van der Waals surface area contributed by atoms with Crippen LogP contribution in [0, 0.1) is 0 Å². The fourth-order valence-corrected chi connectivity index (χ4v) is 2.74. The van der Waals surface area contributed by atoms with E-state index in [2.05, 4.69) is 0 Å². The highest BCUT2D eigenvalue weighted by molar-refractivity contribution is 6.20. The number of hydrogen-bond acceptors (Lipinski definition) is 4. The van der Waals surface area contributed by atoms with E-state index in [1.807, 2.05) is 12.1 Å². The molecule has 3 rings (SSSR count). The van der Waals surface area contributed by atoms with Crippen molar-refractivity contribution in [3.05, 3.63) is 95.1 Å². The number of carbonyl (C=O) groups is 2. The van der Waals surface area contributed by atoms with E-state index in [-0.39, 0.29) is 22.7 Å². The number of carbonyl (C=O) groups excluding carboxylic acids is 2. The first kappa shape index (κ1) is 17.4. The molecule has 130 valence electrons. The highest BCUT2D eigenvalue weighted by Crippen LogP contribution is 2.32. The minimum atomic E-state index is -0.245. The Kier molecular flexibility index (Phi) is 5.13. The van der Waals surface area contributed by atoms with Gasteiger partial charge in [0.25, 0.3) is 0 Å². The SMILES string of the molecule is COc1cc(C(=O)c2ccccc2)c(C(=O)c2ccccc2)cc1OC. The molecule has 0 aliphatic heterocycles. The van der Waals surface area contributed by atoms with Gasteiger partial charge in [-0.2, -0.15) is 0 Å². The van der Waals surface area contributed by atoms with Crippen LogP contribution in [-0.4, -0.2) is 25.8 Å². The largest absolute Gasteiger partial charge is 0.493 e. The van der Waals surface area contributed by atoms with Crippen molar-refractivity contribution in [1.82, 2.24) is 0 Å². The molecule has 0 aliphatic carbocycles. The summed E-state index contributed by atoms with van der Waals surface area (Å²) in [5, 5.41) is 0. The van der Waals surface area contributed by atoms with Crippen LogP contribution in [0.2, 0.25) is 0 Å². The average molecular weight is 346 g/mol. The molecule has 0 aliphatic rings. The van der Waals surface area contributed by atoms with Gasteiger partial charge in [0.2, 0.25) is 0 Å². The highest BCUT2D eigenvalue weighted by atomic mass is 16.5. The summed E-state index contributed by atoms with van der Waals surface area (Å²) in [5.74, 6) is 0.310. The van der Waals surface area contributed by atoms with Gasteiger partial charge in [-0.25, -0.2) is 0 Å². The molecular formula is C22H18O4. The minimum absolute atomic E-state index is 0.245. The zero-order chi connectivity index (χ0) is 18.5. The molecule has 3 aromatic rings. The van der Waals surface area contributed by atoms with E-state index in [9.17, 15) is 9.59 Å². The first-order valence-corrected chi connectivity index (χ1v) is 8.11. The van der Waals surface area contributed by atoms with Crippen LogP contribution >= 0.6 is 0 Å². The van der Waals surface area contributed by atoms with Crippen molar-refractivity contribution in [2.24, 2.45) is 0 Å². The molecule has 0 unspecified atom stereocenters. The molecule has 3 aromatic carbocycles. The quantitative estimate of drug-likeness (QED) is 0.629. The van der Waals surface area contributed by atoms with Crippen LogP contribution in [0.5, 0.6) is 11.5 Å². The van der Waals surface area contributed by atoms with Gasteiger partial charge in [0.15, 0.2) is 23.1 Å². The Morgan fingerprint density at radius 3 is 1.27 bits per heavy atom. The second-order valence-corrected chi connectivity index (χ2v) is 5.64. The molecule has 0 aromatic heterocycles. The van der Waals surface area contributed by atoms with Crippen molar-refractivity contribution in [3.8, 4) is 11.5 Å². The molecule has 0 fully saturated rings. The van der Waals surface area contributed by atoms with Gasteiger partial charge in [-0.15, -0.1) is 0 Å². The number of hydrogen-bond donors (Lipinski definition) is 0. The zero-order valence-electron chi connectivity index (χ0n) is 14.6. The minimum Gasteiger partial charge on any atom is -0.493 e. The van der Waals surface area contributed by atoms with Crippen molar-refractivity contribution < 1.29 is 19.1 Å². The Labute approximate surface area is 152 Å². The molecule has 0 saturated heterocycles. The summed E-state index contributed by atoms with van der Waals surface area (Å²) >= 11 is 0. The number of methoxy groups -OCH3 is 2. The van der Waals surface area contributed by atoms with E-state index in [1.165, 1.54) is 14.2 Å². The molecule has 0 heterocycles. The summed E-state index contributed by atoms with van der Waals surface area (Å²) in [5.41, 5.74) is 1.56. The summed E-state index contributed by atoms with van der Waals surface area (Å²) in [6, 6.07) is 20.8. The Balaban J connectivity index is 2.18. The normalized spacial score (nSPS) is 10.2. The standard InChI is InChI=1S/C22H18O4/c1-25-19-13-17(21(23)15-9-5-3-6-10-15)18(14-20(19)26-2)22(24)16-11-7-4-8-12-16/h3-14H,1-2H3. The maximum absolute atomic E-state index is 13.0. The van der Waals surface area contributed by atoms with Gasteiger partial charge in [0, 0.05) is 22.3 Å². The van der Waals surface area contributed by atoms with Crippen LogP contribution in [0.25, 0.3) is 0 Å². The monoisotopic (exact) mass is 346 g/mol. The lowest BCUT2D eigenvalue weighted by atomic mass is 9.92. The van der Waals surface area contributed by atoms with Gasteiger partial charge in [-0.05, 0) is 12.1 Å². The topological polar surface area (TPSA) is 52.6 Å². The molecule has 26 heavy (non-hydrogen) atoms. The van der Waals surface area contributed by atoms with E-state index in [1.54, 1.807) is 60.7 Å². The molecule has 0 bridgehead atoms. The molecule has 4 heteroatoms. The fraction of sp³-hybridized carbons (Fsp3) is 0.0909. The third-order valence-corrected chi connectivity index (χ3v) is 4.08. The summed E-state index contributed by atoms with van der Waals surface area (Å²) in [6.45, 7) is 0. The molecule has 0 atom stereocenters. The van der Waals surface area contributed by atoms with Crippen LogP contribution in [-0.2, 0) is 0 Å². The van der Waals surface area contributed by atoms with E-state index in [0.29, 0.717) is 22.6 Å². The van der Waals surface area contributed by atoms with Gasteiger partial charge in [-0.1, -0.05) is 60.7 Å². The van der Waals surface area contributed by atoms with Gasteiger partial charge in [0.05, 0.1) is 14.2 Å². The van der Waals surface area contributed by atoms with Gasteiger partial charge in [-0.3, -0.25) is 9.59 Å². The van der Waals surface area contributed by atoms with Crippen LogP contribution in [0.15, 0.2) is 72.8 Å². The van der Waals surface area contributed by atoms with E-state index in [4.69, 9.17) is 9.47 Å². The third kappa shape index (κ3) is 3.35. The first-order chi connectivity index (χ1) is 12.7. The molecule has 0 saturated carbocycles. The Morgan fingerprint density at radius 1 is 0.615 bits per heavy atom. The van der Waals surface area contributed by atoms with Crippen LogP contribution in [0.4, 0.5) is 0 Å². The lowest BCUT2D eigenvalue weighted by Crippen LogP contribution is -2.12. The summed E-state index contributed by atoms with van der Waals surface area (Å²) in [7, 11) is 2.99. The number of ketones is 2. The van der Waals surface area contributed by atoms with Crippen molar-refractivity contribution in [3.63, 3.8) is 0 Å². The Hall–Kier alpha value is -3.40. The average Bonchev–Trinajstić information content (AvgIpc) is 2.73. The Morgan fingerprint density at radius 2 is 0.962 bits per heavy atom. The number of rotatable bonds is 6. The lowest BCUT2D eigenvalue weighted by Gasteiger charge is -2.14. The number of ether oxygens (including phenoxy) is 2. The van der Waals surface area contributed by atoms with Gasteiger partial charge >= 0.3 is 0 Å². The van der Waals surface area contributed by atoms with Gasteiger partial charge in [0.1, 0.15) is 0 Å². The predicted molar refractivity (Wildman–Crippen MR) is 99.3 cm³/mol. The van der Waals surface area contributed by atoms with Crippen molar-refractivity contribution in [2.75, 3.05) is 14.2 Å². The van der Waals surface area contributed by atoms with Crippen molar-refractivity contribution in [2.45, 2.75) is 0 Å². The highest BCUT2D eigenvalue weighted by Gasteiger charge is 2.23. The van der Waals surface area contributed by atoms with Crippen LogP contribution in [0.3, 0.4) is 0 Å². The third-order valence-electron chi connectivity index (χ3n) is 4.08. The zero-order valence-corrected chi connectivity index (χ0v) is 14.6. The lowest BCUT2D eigenvalue weighted by molar-refractivity contribution is 0.100.